The SMILES string of the molecule is Cc1cc(C2CCC(N3C[C@H](CN=[N+]=[N-])OC[C@@H]3Cc3ccc(Cl)cc3)CC2)nn1C. The summed E-state index contributed by atoms with van der Waals surface area (Å²) in [6.45, 7) is 3.98. The first-order chi connectivity index (χ1) is 15.0. The Kier molecular flexibility index (Phi) is 7.18. The van der Waals surface area contributed by atoms with Gasteiger partial charge in [0.05, 0.1) is 24.9 Å². The van der Waals surface area contributed by atoms with Crippen molar-refractivity contribution in [2.45, 2.75) is 63.1 Å². The van der Waals surface area contributed by atoms with E-state index in [4.69, 9.17) is 27.0 Å². The van der Waals surface area contributed by atoms with Crippen molar-refractivity contribution in [3.63, 3.8) is 0 Å². The van der Waals surface area contributed by atoms with Gasteiger partial charge in [-0.15, -0.1) is 0 Å². The van der Waals surface area contributed by atoms with Crippen molar-refractivity contribution < 1.29 is 4.74 Å². The van der Waals surface area contributed by atoms with Crippen LogP contribution in [0, 0.1) is 6.92 Å². The molecule has 4 rings (SSSR count). The van der Waals surface area contributed by atoms with Crippen LogP contribution in [0.1, 0.15) is 48.6 Å². The van der Waals surface area contributed by atoms with Crippen LogP contribution in [-0.2, 0) is 18.2 Å². The molecule has 2 heterocycles. The van der Waals surface area contributed by atoms with E-state index in [1.165, 1.54) is 17.0 Å². The number of hydrogen-bond donors (Lipinski definition) is 0. The zero-order chi connectivity index (χ0) is 21.8. The largest absolute Gasteiger partial charge is 0.375 e. The van der Waals surface area contributed by atoms with Crippen LogP contribution in [0.4, 0.5) is 0 Å². The van der Waals surface area contributed by atoms with Crippen molar-refractivity contribution in [3.8, 4) is 0 Å². The summed E-state index contributed by atoms with van der Waals surface area (Å²) >= 11 is 6.07. The van der Waals surface area contributed by atoms with Gasteiger partial charge in [0.1, 0.15) is 0 Å². The van der Waals surface area contributed by atoms with E-state index in [-0.39, 0.29) is 6.10 Å². The Labute approximate surface area is 189 Å². The van der Waals surface area contributed by atoms with Gasteiger partial charge in [-0.05, 0) is 68.3 Å². The van der Waals surface area contributed by atoms with Crippen LogP contribution >= 0.6 is 11.6 Å². The van der Waals surface area contributed by atoms with Gasteiger partial charge >= 0.3 is 0 Å². The molecule has 31 heavy (non-hydrogen) atoms. The highest BCUT2D eigenvalue weighted by molar-refractivity contribution is 6.30. The molecule has 0 radical (unpaired) electrons. The van der Waals surface area contributed by atoms with Gasteiger partial charge in [-0.3, -0.25) is 9.58 Å². The van der Waals surface area contributed by atoms with Crippen molar-refractivity contribution >= 4 is 11.6 Å². The molecule has 1 aliphatic carbocycles. The number of benzene rings is 1. The summed E-state index contributed by atoms with van der Waals surface area (Å²) in [5.41, 5.74) is 12.4. The maximum absolute atomic E-state index is 8.71. The molecule has 7 nitrogen and oxygen atoms in total. The van der Waals surface area contributed by atoms with Crippen LogP contribution in [0.15, 0.2) is 35.4 Å². The number of morpholine rings is 1. The summed E-state index contributed by atoms with van der Waals surface area (Å²) in [5.74, 6) is 0.547. The predicted molar refractivity (Wildman–Crippen MR) is 122 cm³/mol. The highest BCUT2D eigenvalue weighted by Crippen LogP contribution is 2.36. The molecule has 166 valence electrons. The van der Waals surface area contributed by atoms with E-state index in [9.17, 15) is 0 Å². The molecule has 2 atom stereocenters. The first kappa shape index (κ1) is 22.2. The molecule has 0 N–H and O–H groups in total. The van der Waals surface area contributed by atoms with Crippen LogP contribution < -0.4 is 0 Å². The third-order valence-corrected chi connectivity index (χ3v) is 7.11. The molecular weight excluding hydrogens is 412 g/mol. The lowest BCUT2D eigenvalue weighted by atomic mass is 9.82. The summed E-state index contributed by atoms with van der Waals surface area (Å²) < 4.78 is 8.05. The Balaban J connectivity index is 1.44. The summed E-state index contributed by atoms with van der Waals surface area (Å²) in [6, 6.07) is 11.2. The zero-order valence-corrected chi connectivity index (χ0v) is 19.1. The standard InChI is InChI=1S/C23H31ClN6O/c1-16-11-23(27-29(16)2)18-5-9-20(10-6-18)30-14-22(13-26-28-25)31-15-21(30)12-17-3-7-19(24)8-4-17/h3-4,7-8,11,18,20-22H,5-6,9-10,12-15H2,1-2H3/t18?,20?,21-,22-/m0/s1. The minimum atomic E-state index is -0.0338. The summed E-state index contributed by atoms with van der Waals surface area (Å²) in [5, 5.41) is 9.24. The van der Waals surface area contributed by atoms with Crippen LogP contribution in [0.2, 0.25) is 5.02 Å². The lowest BCUT2D eigenvalue weighted by Gasteiger charge is -2.46. The molecule has 1 saturated heterocycles. The van der Waals surface area contributed by atoms with E-state index in [0.29, 0.717) is 31.2 Å². The van der Waals surface area contributed by atoms with Gasteiger partial charge in [0.2, 0.25) is 0 Å². The molecule has 1 aliphatic heterocycles. The number of aryl methyl sites for hydroxylation is 2. The van der Waals surface area contributed by atoms with Crippen molar-refractivity contribution in [1.29, 1.82) is 0 Å². The number of azide groups is 1. The molecule has 0 bridgehead atoms. The fraction of sp³-hybridized carbons (Fsp3) is 0.609. The second-order valence-electron chi connectivity index (χ2n) is 8.89. The smallest absolute Gasteiger partial charge is 0.0759 e. The first-order valence-corrected chi connectivity index (χ1v) is 11.5. The number of nitrogens with zero attached hydrogens (tertiary/aromatic N) is 6. The molecule has 0 amide bonds. The molecule has 2 aliphatic rings. The third kappa shape index (κ3) is 5.42. The highest BCUT2D eigenvalue weighted by Gasteiger charge is 2.36. The fourth-order valence-electron chi connectivity index (χ4n) is 5.02. The zero-order valence-electron chi connectivity index (χ0n) is 18.3. The second-order valence-corrected chi connectivity index (χ2v) is 9.33. The molecule has 1 aromatic carbocycles. The fourth-order valence-corrected chi connectivity index (χ4v) is 5.15. The number of rotatable bonds is 6. The van der Waals surface area contributed by atoms with Crippen molar-refractivity contribution in [2.24, 2.45) is 12.2 Å². The Hall–Kier alpha value is -2.05. The molecule has 2 aromatic rings. The van der Waals surface area contributed by atoms with Gasteiger partial charge in [-0.1, -0.05) is 28.8 Å². The molecule has 1 aromatic heterocycles. The Morgan fingerprint density at radius 3 is 2.61 bits per heavy atom. The lowest BCUT2D eigenvalue weighted by Crippen LogP contribution is -2.56. The lowest BCUT2D eigenvalue weighted by molar-refractivity contribution is -0.0802. The molecule has 0 spiro atoms. The van der Waals surface area contributed by atoms with Crippen LogP contribution in [0.3, 0.4) is 0 Å². The molecule has 2 fully saturated rings. The van der Waals surface area contributed by atoms with Gasteiger partial charge in [0.25, 0.3) is 0 Å². The van der Waals surface area contributed by atoms with Gasteiger partial charge < -0.3 is 4.74 Å². The number of aromatic nitrogens is 2. The van der Waals surface area contributed by atoms with Gasteiger partial charge in [0, 0.05) is 47.2 Å². The summed E-state index contributed by atoms with van der Waals surface area (Å²) in [4.78, 5) is 5.54. The Morgan fingerprint density at radius 2 is 1.97 bits per heavy atom. The highest BCUT2D eigenvalue weighted by atomic mass is 35.5. The second kappa shape index (κ2) is 10.0. The summed E-state index contributed by atoms with van der Waals surface area (Å²) in [6.07, 6.45) is 5.54. The van der Waals surface area contributed by atoms with E-state index >= 15 is 0 Å². The maximum Gasteiger partial charge on any atom is 0.0759 e. The Morgan fingerprint density at radius 1 is 1.23 bits per heavy atom. The van der Waals surface area contributed by atoms with Crippen molar-refractivity contribution in [2.75, 3.05) is 19.7 Å². The monoisotopic (exact) mass is 442 g/mol. The van der Waals surface area contributed by atoms with Gasteiger partial charge in [-0.25, -0.2) is 0 Å². The van der Waals surface area contributed by atoms with Crippen molar-refractivity contribution in [1.82, 2.24) is 14.7 Å². The quantitative estimate of drug-likeness (QED) is 0.357. The van der Waals surface area contributed by atoms with Crippen LogP contribution in [0.25, 0.3) is 10.4 Å². The van der Waals surface area contributed by atoms with Crippen molar-refractivity contribution in [3.05, 3.63) is 62.7 Å². The maximum atomic E-state index is 8.71. The average molecular weight is 443 g/mol. The number of halogens is 1. The molecule has 1 saturated carbocycles. The first-order valence-electron chi connectivity index (χ1n) is 11.2. The average Bonchev–Trinajstić information content (AvgIpc) is 3.13. The Bertz CT molecular complexity index is 895. The van der Waals surface area contributed by atoms with Gasteiger partial charge in [0.15, 0.2) is 0 Å². The minimum absolute atomic E-state index is 0.0338. The van der Waals surface area contributed by atoms with E-state index in [2.05, 4.69) is 40.0 Å². The van der Waals surface area contributed by atoms with E-state index in [1.54, 1.807) is 0 Å². The van der Waals surface area contributed by atoms with Crippen LogP contribution in [0.5, 0.6) is 0 Å². The topological polar surface area (TPSA) is 79.1 Å². The molecule has 8 heteroatoms. The minimum Gasteiger partial charge on any atom is -0.375 e. The molecule has 0 unspecified atom stereocenters. The molecular formula is C23H31ClN6O. The van der Waals surface area contributed by atoms with E-state index in [1.807, 2.05) is 23.9 Å². The predicted octanol–water partition coefficient (Wildman–Crippen LogP) is 5.03. The number of hydrogen-bond acceptors (Lipinski definition) is 4. The van der Waals surface area contributed by atoms with E-state index in [0.717, 1.165) is 43.7 Å². The van der Waals surface area contributed by atoms with E-state index < -0.39 is 0 Å². The number of ether oxygens (including phenoxy) is 1. The van der Waals surface area contributed by atoms with Crippen LogP contribution in [-0.4, -0.2) is 52.6 Å². The third-order valence-electron chi connectivity index (χ3n) is 6.86. The van der Waals surface area contributed by atoms with Gasteiger partial charge in [-0.2, -0.15) is 5.10 Å². The summed E-state index contributed by atoms with van der Waals surface area (Å²) in [7, 11) is 2.02. The normalized spacial score (nSPS) is 27.1.